The first-order valence-electron chi connectivity index (χ1n) is 7.65. The molecule has 5 heteroatoms. The maximum atomic E-state index is 5.86. The Kier molecular flexibility index (Phi) is 6.14. The number of aliphatic imine (C=N–C) groups is 1. The number of ether oxygens (including phenoxy) is 1. The van der Waals surface area contributed by atoms with Crippen molar-refractivity contribution >= 4 is 29.9 Å². The van der Waals surface area contributed by atoms with Gasteiger partial charge >= 0.3 is 0 Å². The first-order valence-corrected chi connectivity index (χ1v) is 7.65. The summed E-state index contributed by atoms with van der Waals surface area (Å²) in [6, 6.07) is 0.454. The summed E-state index contributed by atoms with van der Waals surface area (Å²) in [5.74, 6) is 0.930. The zero-order valence-electron chi connectivity index (χ0n) is 12.2. The van der Waals surface area contributed by atoms with E-state index in [1.807, 2.05) is 7.05 Å². The number of nitrogens with zero attached hydrogens (tertiary/aromatic N) is 1. The third-order valence-electron chi connectivity index (χ3n) is 4.53. The Hall–Kier alpha value is -0.300. The van der Waals surface area contributed by atoms with E-state index in [4.69, 9.17) is 4.74 Å². The van der Waals surface area contributed by atoms with Gasteiger partial charge in [-0.25, -0.2) is 0 Å². The number of hydrogen-bond acceptors (Lipinski definition) is 2. The fourth-order valence-electron chi connectivity index (χ4n) is 3.47. The highest BCUT2D eigenvalue weighted by molar-refractivity contribution is 14.0. The fraction of sp³-hybridized carbons (Fsp3) is 0.800. The van der Waals surface area contributed by atoms with Gasteiger partial charge in [-0.15, -0.1) is 24.0 Å². The van der Waals surface area contributed by atoms with Crippen molar-refractivity contribution in [1.29, 1.82) is 0 Å². The van der Waals surface area contributed by atoms with Crippen LogP contribution in [0.2, 0.25) is 0 Å². The molecule has 114 valence electrons. The van der Waals surface area contributed by atoms with Gasteiger partial charge in [0.05, 0.1) is 18.2 Å². The molecule has 3 unspecified atom stereocenters. The van der Waals surface area contributed by atoms with E-state index >= 15 is 0 Å². The van der Waals surface area contributed by atoms with Gasteiger partial charge in [0.1, 0.15) is 0 Å². The molecule has 2 fully saturated rings. The van der Waals surface area contributed by atoms with Gasteiger partial charge in [0.15, 0.2) is 5.96 Å². The maximum absolute atomic E-state index is 5.86. The van der Waals surface area contributed by atoms with Gasteiger partial charge < -0.3 is 15.4 Å². The van der Waals surface area contributed by atoms with Gasteiger partial charge in [-0.2, -0.15) is 0 Å². The number of fused-ring (bicyclic) bond motifs is 2. The third-order valence-corrected chi connectivity index (χ3v) is 4.53. The van der Waals surface area contributed by atoms with Crippen LogP contribution in [-0.4, -0.2) is 37.8 Å². The Morgan fingerprint density at radius 2 is 2.35 bits per heavy atom. The second-order valence-electron chi connectivity index (χ2n) is 5.86. The summed E-state index contributed by atoms with van der Waals surface area (Å²) < 4.78 is 5.86. The van der Waals surface area contributed by atoms with Crippen molar-refractivity contribution < 1.29 is 4.74 Å². The van der Waals surface area contributed by atoms with E-state index in [1.165, 1.54) is 32.1 Å². The van der Waals surface area contributed by atoms with Crippen LogP contribution >= 0.6 is 24.0 Å². The average molecular weight is 391 g/mol. The SMILES string of the molecule is CN=C(NCCC1=CCCC1)NC1CC2CCC1O2.I. The summed E-state index contributed by atoms with van der Waals surface area (Å²) in [6.07, 6.45) is 11.9. The molecule has 0 aromatic heterocycles. The van der Waals surface area contributed by atoms with Crippen LogP contribution < -0.4 is 10.6 Å². The van der Waals surface area contributed by atoms with E-state index in [2.05, 4.69) is 21.7 Å². The van der Waals surface area contributed by atoms with Gasteiger partial charge in [-0.05, 0) is 44.9 Å². The topological polar surface area (TPSA) is 45.7 Å². The van der Waals surface area contributed by atoms with Crippen LogP contribution in [0.5, 0.6) is 0 Å². The Morgan fingerprint density at radius 3 is 2.95 bits per heavy atom. The van der Waals surface area contributed by atoms with Crippen LogP contribution in [0, 0.1) is 0 Å². The van der Waals surface area contributed by atoms with Gasteiger partial charge in [0.25, 0.3) is 0 Å². The van der Waals surface area contributed by atoms with E-state index in [0.717, 1.165) is 25.3 Å². The number of allylic oxidation sites excluding steroid dienone is 1. The molecule has 0 radical (unpaired) electrons. The Labute approximate surface area is 138 Å². The van der Waals surface area contributed by atoms with Crippen molar-refractivity contribution in [3.8, 4) is 0 Å². The highest BCUT2D eigenvalue weighted by atomic mass is 127. The summed E-state index contributed by atoms with van der Waals surface area (Å²) in [7, 11) is 1.85. The number of hydrogen-bond donors (Lipinski definition) is 2. The van der Waals surface area contributed by atoms with Crippen molar-refractivity contribution in [1.82, 2.24) is 10.6 Å². The zero-order valence-corrected chi connectivity index (χ0v) is 14.6. The molecule has 0 spiro atoms. The van der Waals surface area contributed by atoms with Crippen molar-refractivity contribution in [3.05, 3.63) is 11.6 Å². The molecule has 4 nitrogen and oxygen atoms in total. The van der Waals surface area contributed by atoms with Crippen LogP contribution in [0.25, 0.3) is 0 Å². The number of halogens is 1. The van der Waals surface area contributed by atoms with E-state index in [1.54, 1.807) is 5.57 Å². The minimum absolute atomic E-state index is 0. The van der Waals surface area contributed by atoms with E-state index in [-0.39, 0.29) is 24.0 Å². The molecule has 3 rings (SSSR count). The highest BCUT2D eigenvalue weighted by Crippen LogP contribution is 2.34. The second-order valence-corrected chi connectivity index (χ2v) is 5.86. The molecule has 2 saturated heterocycles. The minimum atomic E-state index is 0. The first-order chi connectivity index (χ1) is 9.35. The van der Waals surface area contributed by atoms with E-state index in [0.29, 0.717) is 18.2 Å². The van der Waals surface area contributed by atoms with E-state index < -0.39 is 0 Å². The lowest BCUT2D eigenvalue weighted by Crippen LogP contribution is -2.47. The second kappa shape index (κ2) is 7.64. The number of rotatable bonds is 4. The summed E-state index contributed by atoms with van der Waals surface area (Å²) in [5, 5.41) is 6.94. The molecular formula is C15H26IN3O. The lowest BCUT2D eigenvalue weighted by Gasteiger charge is -2.22. The van der Waals surface area contributed by atoms with Crippen LogP contribution in [0.3, 0.4) is 0 Å². The molecule has 2 bridgehead atoms. The van der Waals surface area contributed by atoms with Crippen LogP contribution in [0.1, 0.15) is 44.9 Å². The van der Waals surface area contributed by atoms with Crippen molar-refractivity contribution in [3.63, 3.8) is 0 Å². The molecular weight excluding hydrogens is 365 g/mol. The number of nitrogens with one attached hydrogen (secondary N) is 2. The standard InChI is InChI=1S/C15H25N3O.HI/c1-16-15(17-9-8-11-4-2-3-5-11)18-13-10-12-6-7-14(13)19-12;/h4,12-14H,2-3,5-10H2,1H3,(H2,16,17,18);1H. The molecule has 2 N–H and O–H groups in total. The monoisotopic (exact) mass is 391 g/mol. The lowest BCUT2D eigenvalue weighted by molar-refractivity contribution is 0.0992. The summed E-state index contributed by atoms with van der Waals surface area (Å²) in [6.45, 7) is 0.979. The van der Waals surface area contributed by atoms with Gasteiger partial charge in [0, 0.05) is 13.6 Å². The molecule has 0 amide bonds. The normalized spacial score (nSPS) is 31.9. The molecule has 0 aromatic rings. The molecule has 0 saturated carbocycles. The average Bonchev–Trinajstić information content (AvgIpc) is 3.14. The van der Waals surface area contributed by atoms with Crippen molar-refractivity contribution in [2.75, 3.05) is 13.6 Å². The fourth-order valence-corrected chi connectivity index (χ4v) is 3.47. The summed E-state index contributed by atoms with van der Waals surface area (Å²) >= 11 is 0. The predicted molar refractivity (Wildman–Crippen MR) is 92.8 cm³/mol. The third kappa shape index (κ3) is 3.87. The van der Waals surface area contributed by atoms with Crippen molar-refractivity contribution in [2.24, 2.45) is 4.99 Å². The first kappa shape index (κ1) is 16.1. The minimum Gasteiger partial charge on any atom is -0.373 e. The smallest absolute Gasteiger partial charge is 0.191 e. The molecule has 0 aromatic carbocycles. The number of guanidine groups is 1. The molecule has 1 aliphatic carbocycles. The zero-order chi connectivity index (χ0) is 13.1. The summed E-state index contributed by atoms with van der Waals surface area (Å²) in [5.41, 5.74) is 1.60. The van der Waals surface area contributed by atoms with Gasteiger partial charge in [-0.1, -0.05) is 11.6 Å². The van der Waals surface area contributed by atoms with Gasteiger partial charge in [0.2, 0.25) is 0 Å². The Balaban J connectivity index is 0.00000147. The van der Waals surface area contributed by atoms with Crippen LogP contribution in [0.15, 0.2) is 16.6 Å². The molecule has 2 heterocycles. The quantitative estimate of drug-likeness (QED) is 0.335. The van der Waals surface area contributed by atoms with Gasteiger partial charge in [-0.3, -0.25) is 4.99 Å². The van der Waals surface area contributed by atoms with Crippen LogP contribution in [0.4, 0.5) is 0 Å². The highest BCUT2D eigenvalue weighted by Gasteiger charge is 2.41. The van der Waals surface area contributed by atoms with Crippen LogP contribution in [-0.2, 0) is 4.74 Å². The predicted octanol–water partition coefficient (Wildman–Crippen LogP) is 2.59. The molecule has 2 aliphatic heterocycles. The summed E-state index contributed by atoms with van der Waals surface area (Å²) in [4.78, 5) is 4.32. The molecule has 3 atom stereocenters. The maximum Gasteiger partial charge on any atom is 0.191 e. The lowest BCUT2D eigenvalue weighted by atomic mass is 9.96. The Bertz CT molecular complexity index is 383. The Morgan fingerprint density at radius 1 is 1.45 bits per heavy atom. The van der Waals surface area contributed by atoms with Crippen molar-refractivity contribution in [2.45, 2.75) is 63.2 Å². The molecule has 3 aliphatic rings. The molecule has 20 heavy (non-hydrogen) atoms. The van der Waals surface area contributed by atoms with E-state index in [9.17, 15) is 0 Å². The largest absolute Gasteiger partial charge is 0.373 e.